The van der Waals surface area contributed by atoms with Gasteiger partial charge in [-0.25, -0.2) is 4.79 Å². The van der Waals surface area contributed by atoms with Crippen LogP contribution < -0.4 is 9.47 Å². The summed E-state index contributed by atoms with van der Waals surface area (Å²) in [7, 11) is 0. The standard InChI is InChI=1S/C20H23BrO3/c1-5-11-23-16-8-6-7-14(12-16)19(22)24-18-10-9-15(21)13-17(18)20(2,3)4/h6-10,12-13H,5,11H2,1-4H3. The van der Waals surface area contributed by atoms with Crippen molar-refractivity contribution in [2.24, 2.45) is 0 Å². The van der Waals surface area contributed by atoms with Gasteiger partial charge in [0.1, 0.15) is 11.5 Å². The molecule has 0 aliphatic heterocycles. The lowest BCUT2D eigenvalue weighted by Gasteiger charge is -2.22. The van der Waals surface area contributed by atoms with Gasteiger partial charge in [0.2, 0.25) is 0 Å². The highest BCUT2D eigenvalue weighted by molar-refractivity contribution is 9.10. The van der Waals surface area contributed by atoms with Crippen LogP contribution in [0.5, 0.6) is 11.5 Å². The van der Waals surface area contributed by atoms with Crippen LogP contribution in [0.4, 0.5) is 0 Å². The van der Waals surface area contributed by atoms with Gasteiger partial charge in [-0.3, -0.25) is 0 Å². The molecule has 24 heavy (non-hydrogen) atoms. The molecule has 2 rings (SSSR count). The molecule has 0 aromatic heterocycles. The third-order valence-corrected chi connectivity index (χ3v) is 3.99. The van der Waals surface area contributed by atoms with Gasteiger partial charge in [-0.2, -0.15) is 0 Å². The third kappa shape index (κ3) is 4.84. The first-order valence-corrected chi connectivity index (χ1v) is 8.85. The summed E-state index contributed by atoms with van der Waals surface area (Å²) >= 11 is 3.48. The lowest BCUT2D eigenvalue weighted by atomic mass is 9.86. The summed E-state index contributed by atoms with van der Waals surface area (Å²) in [6.45, 7) is 8.93. The highest BCUT2D eigenvalue weighted by Gasteiger charge is 2.21. The summed E-state index contributed by atoms with van der Waals surface area (Å²) in [6, 6.07) is 12.8. The maximum atomic E-state index is 12.5. The fourth-order valence-electron chi connectivity index (χ4n) is 2.27. The number of ether oxygens (including phenoxy) is 2. The van der Waals surface area contributed by atoms with Crippen molar-refractivity contribution in [1.29, 1.82) is 0 Å². The minimum Gasteiger partial charge on any atom is -0.494 e. The van der Waals surface area contributed by atoms with Crippen LogP contribution in [0.3, 0.4) is 0 Å². The van der Waals surface area contributed by atoms with E-state index < -0.39 is 0 Å². The number of rotatable bonds is 5. The monoisotopic (exact) mass is 390 g/mol. The van der Waals surface area contributed by atoms with Crippen LogP contribution in [0.25, 0.3) is 0 Å². The number of esters is 1. The summed E-state index contributed by atoms with van der Waals surface area (Å²) < 4.78 is 12.2. The van der Waals surface area contributed by atoms with Gasteiger partial charge in [0.25, 0.3) is 0 Å². The van der Waals surface area contributed by atoms with E-state index in [2.05, 4.69) is 36.7 Å². The van der Waals surface area contributed by atoms with E-state index in [0.29, 0.717) is 23.7 Å². The first kappa shape index (κ1) is 18.5. The first-order valence-electron chi connectivity index (χ1n) is 8.06. The Morgan fingerprint density at radius 1 is 1.12 bits per heavy atom. The maximum absolute atomic E-state index is 12.5. The molecular formula is C20H23BrO3. The SMILES string of the molecule is CCCOc1cccc(C(=O)Oc2ccc(Br)cc2C(C)(C)C)c1. The van der Waals surface area contributed by atoms with Crippen molar-refractivity contribution in [3.05, 3.63) is 58.1 Å². The van der Waals surface area contributed by atoms with Crippen molar-refractivity contribution in [2.75, 3.05) is 6.61 Å². The van der Waals surface area contributed by atoms with Crippen molar-refractivity contribution >= 4 is 21.9 Å². The number of hydrogen-bond donors (Lipinski definition) is 0. The Morgan fingerprint density at radius 2 is 1.88 bits per heavy atom. The Balaban J connectivity index is 2.24. The highest BCUT2D eigenvalue weighted by Crippen LogP contribution is 2.34. The molecule has 0 heterocycles. The number of carbonyl (C=O) groups is 1. The van der Waals surface area contributed by atoms with Crippen LogP contribution in [-0.2, 0) is 5.41 Å². The van der Waals surface area contributed by atoms with E-state index in [9.17, 15) is 4.79 Å². The fraction of sp³-hybridized carbons (Fsp3) is 0.350. The molecular weight excluding hydrogens is 368 g/mol. The molecule has 3 nitrogen and oxygen atoms in total. The first-order chi connectivity index (χ1) is 11.3. The summed E-state index contributed by atoms with van der Waals surface area (Å²) in [5.74, 6) is 0.874. The smallest absolute Gasteiger partial charge is 0.343 e. The number of hydrogen-bond acceptors (Lipinski definition) is 3. The van der Waals surface area contributed by atoms with E-state index >= 15 is 0 Å². The Labute approximate surface area is 152 Å². The zero-order chi connectivity index (χ0) is 17.7. The molecule has 0 amide bonds. The second-order valence-electron chi connectivity index (χ2n) is 6.66. The lowest BCUT2D eigenvalue weighted by molar-refractivity contribution is 0.0731. The van der Waals surface area contributed by atoms with Crippen molar-refractivity contribution in [3.8, 4) is 11.5 Å². The molecule has 0 unspecified atom stereocenters. The van der Waals surface area contributed by atoms with E-state index in [-0.39, 0.29) is 11.4 Å². The van der Waals surface area contributed by atoms with Crippen LogP contribution in [-0.4, -0.2) is 12.6 Å². The van der Waals surface area contributed by atoms with Gasteiger partial charge in [0.05, 0.1) is 12.2 Å². The van der Waals surface area contributed by atoms with E-state index in [1.165, 1.54) is 0 Å². The lowest BCUT2D eigenvalue weighted by Crippen LogP contribution is -2.16. The highest BCUT2D eigenvalue weighted by atomic mass is 79.9. The largest absolute Gasteiger partial charge is 0.494 e. The van der Waals surface area contributed by atoms with Crippen LogP contribution in [0.1, 0.15) is 50.0 Å². The molecule has 0 saturated heterocycles. The van der Waals surface area contributed by atoms with Crippen LogP contribution >= 0.6 is 15.9 Å². The topological polar surface area (TPSA) is 35.5 Å². The molecule has 0 N–H and O–H groups in total. The zero-order valence-electron chi connectivity index (χ0n) is 14.6. The van der Waals surface area contributed by atoms with Gasteiger partial charge in [0.15, 0.2) is 0 Å². The normalized spacial score (nSPS) is 11.2. The van der Waals surface area contributed by atoms with Gasteiger partial charge in [-0.05, 0) is 48.2 Å². The molecule has 4 heteroatoms. The Hall–Kier alpha value is -1.81. The minimum atomic E-state index is -0.384. The zero-order valence-corrected chi connectivity index (χ0v) is 16.1. The Bertz CT molecular complexity index is 717. The number of carbonyl (C=O) groups excluding carboxylic acids is 1. The second-order valence-corrected chi connectivity index (χ2v) is 7.57. The molecule has 0 aliphatic rings. The van der Waals surface area contributed by atoms with Crippen molar-refractivity contribution < 1.29 is 14.3 Å². The van der Waals surface area contributed by atoms with Gasteiger partial charge in [-0.1, -0.05) is 49.7 Å². The summed E-state index contributed by atoms with van der Waals surface area (Å²) in [4.78, 5) is 12.5. The summed E-state index contributed by atoms with van der Waals surface area (Å²) in [5, 5.41) is 0. The molecule has 0 fully saturated rings. The molecule has 0 bridgehead atoms. The van der Waals surface area contributed by atoms with Crippen molar-refractivity contribution in [1.82, 2.24) is 0 Å². The number of benzene rings is 2. The molecule has 2 aromatic rings. The predicted octanol–water partition coefficient (Wildman–Crippen LogP) is 5.75. The van der Waals surface area contributed by atoms with Gasteiger partial charge in [-0.15, -0.1) is 0 Å². The minimum absolute atomic E-state index is 0.133. The van der Waals surface area contributed by atoms with Crippen molar-refractivity contribution in [2.45, 2.75) is 39.5 Å². The summed E-state index contributed by atoms with van der Waals surface area (Å²) in [6.07, 6.45) is 0.919. The molecule has 0 spiro atoms. The Morgan fingerprint density at radius 3 is 2.54 bits per heavy atom. The van der Waals surface area contributed by atoms with Crippen molar-refractivity contribution in [3.63, 3.8) is 0 Å². The molecule has 2 aromatic carbocycles. The van der Waals surface area contributed by atoms with Gasteiger partial charge in [0, 0.05) is 10.0 Å². The molecule has 128 valence electrons. The average Bonchev–Trinajstić information content (AvgIpc) is 2.54. The predicted molar refractivity (Wildman–Crippen MR) is 100 cm³/mol. The van der Waals surface area contributed by atoms with Crippen LogP contribution in [0, 0.1) is 0 Å². The van der Waals surface area contributed by atoms with Crippen LogP contribution in [0.2, 0.25) is 0 Å². The molecule has 0 radical (unpaired) electrons. The molecule has 0 saturated carbocycles. The van der Waals surface area contributed by atoms with E-state index in [1.54, 1.807) is 18.2 Å². The quantitative estimate of drug-likeness (QED) is 0.481. The van der Waals surface area contributed by atoms with Gasteiger partial charge >= 0.3 is 5.97 Å². The fourth-order valence-corrected chi connectivity index (χ4v) is 2.63. The summed E-state index contributed by atoms with van der Waals surface area (Å²) in [5.41, 5.74) is 1.32. The Kier molecular flexibility index (Phi) is 6.05. The van der Waals surface area contributed by atoms with E-state index in [4.69, 9.17) is 9.47 Å². The molecule has 0 atom stereocenters. The average molecular weight is 391 g/mol. The maximum Gasteiger partial charge on any atom is 0.343 e. The van der Waals surface area contributed by atoms with E-state index in [1.807, 2.05) is 31.2 Å². The third-order valence-electron chi connectivity index (χ3n) is 3.49. The second kappa shape index (κ2) is 7.84. The van der Waals surface area contributed by atoms with Gasteiger partial charge < -0.3 is 9.47 Å². The van der Waals surface area contributed by atoms with E-state index in [0.717, 1.165) is 16.5 Å². The molecule has 0 aliphatic carbocycles. The van der Waals surface area contributed by atoms with Crippen LogP contribution in [0.15, 0.2) is 46.9 Å². The number of halogens is 1.